The molecule has 1 unspecified atom stereocenters. The zero-order valence-corrected chi connectivity index (χ0v) is 12.1. The first-order valence-corrected chi connectivity index (χ1v) is 8.20. The first kappa shape index (κ1) is 14.4. The Kier molecular flexibility index (Phi) is 7.55. The number of hydrogen-bond donors (Lipinski definition) is 1. The van der Waals surface area contributed by atoms with Crippen LogP contribution in [0.1, 0.15) is 52.9 Å². The van der Waals surface area contributed by atoms with Crippen LogP contribution in [0.4, 0.5) is 0 Å². The molecule has 1 saturated carbocycles. The Hall–Kier alpha value is 0.310. The van der Waals surface area contributed by atoms with Crippen molar-refractivity contribution in [2.24, 2.45) is 11.8 Å². The number of rotatable bonds is 7. The van der Waals surface area contributed by atoms with Gasteiger partial charge >= 0.3 is 0 Å². The van der Waals surface area contributed by atoms with Gasteiger partial charge in [0, 0.05) is 11.8 Å². The Morgan fingerprint density at radius 3 is 2.38 bits per heavy atom. The fraction of sp³-hybridized carbons (Fsp3) is 1.00. The number of thioether (sulfide) groups is 1. The van der Waals surface area contributed by atoms with E-state index in [0.29, 0.717) is 0 Å². The molecule has 0 aromatic carbocycles. The largest absolute Gasteiger partial charge is 0.313 e. The Morgan fingerprint density at radius 1 is 1.12 bits per heavy atom. The SMILES string of the molecule is CCNC(CSCC(C)C)C1CCCCC1. The Morgan fingerprint density at radius 2 is 1.81 bits per heavy atom. The van der Waals surface area contributed by atoms with Gasteiger partial charge in [-0.15, -0.1) is 0 Å². The lowest BCUT2D eigenvalue weighted by Crippen LogP contribution is -2.39. The molecule has 1 fully saturated rings. The summed E-state index contributed by atoms with van der Waals surface area (Å²) in [4.78, 5) is 0. The van der Waals surface area contributed by atoms with E-state index in [-0.39, 0.29) is 0 Å². The second-order valence-corrected chi connectivity index (χ2v) is 6.57. The topological polar surface area (TPSA) is 12.0 Å². The molecule has 0 aromatic heterocycles. The van der Waals surface area contributed by atoms with Gasteiger partial charge in [-0.05, 0) is 37.0 Å². The third-order valence-corrected chi connectivity index (χ3v) is 4.93. The quantitative estimate of drug-likeness (QED) is 0.727. The predicted octanol–water partition coefficient (Wildman–Crippen LogP) is 3.93. The lowest BCUT2D eigenvalue weighted by Gasteiger charge is -2.30. The minimum absolute atomic E-state index is 0.772. The fourth-order valence-corrected chi connectivity index (χ4v) is 3.84. The van der Waals surface area contributed by atoms with E-state index in [1.165, 1.54) is 43.6 Å². The maximum atomic E-state index is 3.71. The molecule has 1 nitrogen and oxygen atoms in total. The molecule has 0 spiro atoms. The normalized spacial score (nSPS) is 20.2. The van der Waals surface area contributed by atoms with Crippen LogP contribution in [0.5, 0.6) is 0 Å². The van der Waals surface area contributed by atoms with Crippen LogP contribution in [-0.4, -0.2) is 24.1 Å². The van der Waals surface area contributed by atoms with Crippen molar-refractivity contribution in [3.8, 4) is 0 Å². The van der Waals surface area contributed by atoms with Crippen LogP contribution >= 0.6 is 11.8 Å². The van der Waals surface area contributed by atoms with Crippen molar-refractivity contribution in [3.05, 3.63) is 0 Å². The minimum Gasteiger partial charge on any atom is -0.313 e. The average molecular weight is 243 g/mol. The van der Waals surface area contributed by atoms with Gasteiger partial charge in [-0.1, -0.05) is 40.0 Å². The summed E-state index contributed by atoms with van der Waals surface area (Å²) in [6, 6.07) is 0.772. The maximum Gasteiger partial charge on any atom is 0.0186 e. The molecule has 1 atom stereocenters. The highest BCUT2D eigenvalue weighted by atomic mass is 32.2. The van der Waals surface area contributed by atoms with Crippen LogP contribution in [0.15, 0.2) is 0 Å². The summed E-state index contributed by atoms with van der Waals surface area (Å²) >= 11 is 2.14. The maximum absolute atomic E-state index is 3.71. The van der Waals surface area contributed by atoms with E-state index in [4.69, 9.17) is 0 Å². The third kappa shape index (κ3) is 5.58. The summed E-state index contributed by atoms with van der Waals surface area (Å²) < 4.78 is 0. The average Bonchev–Trinajstić information content (AvgIpc) is 2.29. The van der Waals surface area contributed by atoms with Gasteiger partial charge in [-0.25, -0.2) is 0 Å². The van der Waals surface area contributed by atoms with Gasteiger partial charge in [-0.2, -0.15) is 11.8 Å². The molecular formula is C14H29NS. The molecule has 96 valence electrons. The van der Waals surface area contributed by atoms with Gasteiger partial charge in [0.1, 0.15) is 0 Å². The standard InChI is InChI=1S/C14H29NS/c1-4-15-14(11-16-10-12(2)3)13-8-6-5-7-9-13/h12-15H,4-11H2,1-3H3. The lowest BCUT2D eigenvalue weighted by atomic mass is 9.84. The predicted molar refractivity (Wildman–Crippen MR) is 76.2 cm³/mol. The van der Waals surface area contributed by atoms with Crippen molar-refractivity contribution in [3.63, 3.8) is 0 Å². The molecule has 1 rings (SSSR count). The van der Waals surface area contributed by atoms with E-state index in [1.807, 2.05) is 0 Å². The summed E-state index contributed by atoms with van der Waals surface area (Å²) in [5.74, 6) is 4.41. The Labute approximate surface area is 106 Å². The first-order valence-electron chi connectivity index (χ1n) is 7.05. The highest BCUT2D eigenvalue weighted by Crippen LogP contribution is 2.28. The zero-order valence-electron chi connectivity index (χ0n) is 11.3. The van der Waals surface area contributed by atoms with Gasteiger partial charge in [0.2, 0.25) is 0 Å². The Balaban J connectivity index is 2.27. The number of nitrogens with one attached hydrogen (secondary N) is 1. The molecule has 0 bridgehead atoms. The van der Waals surface area contributed by atoms with Crippen LogP contribution in [0.3, 0.4) is 0 Å². The molecule has 0 heterocycles. The second kappa shape index (κ2) is 8.41. The smallest absolute Gasteiger partial charge is 0.0186 e. The summed E-state index contributed by atoms with van der Waals surface area (Å²) in [7, 11) is 0. The van der Waals surface area contributed by atoms with E-state index in [1.54, 1.807) is 0 Å². The van der Waals surface area contributed by atoms with E-state index in [9.17, 15) is 0 Å². The summed E-state index contributed by atoms with van der Waals surface area (Å²) in [6.45, 7) is 8.00. The molecule has 0 radical (unpaired) electrons. The number of hydrogen-bond acceptors (Lipinski definition) is 2. The van der Waals surface area contributed by atoms with Gasteiger partial charge in [0.15, 0.2) is 0 Å². The Bertz CT molecular complexity index is 164. The minimum atomic E-state index is 0.772. The van der Waals surface area contributed by atoms with Gasteiger partial charge < -0.3 is 5.32 Å². The summed E-state index contributed by atoms with van der Waals surface area (Å²) in [5.41, 5.74) is 0. The highest BCUT2D eigenvalue weighted by molar-refractivity contribution is 7.99. The van der Waals surface area contributed by atoms with Crippen molar-refractivity contribution >= 4 is 11.8 Å². The summed E-state index contributed by atoms with van der Waals surface area (Å²) in [5, 5.41) is 3.71. The monoisotopic (exact) mass is 243 g/mol. The van der Waals surface area contributed by atoms with Crippen molar-refractivity contribution in [2.45, 2.75) is 58.9 Å². The fourth-order valence-electron chi connectivity index (χ4n) is 2.59. The van der Waals surface area contributed by atoms with Gasteiger partial charge in [0.25, 0.3) is 0 Å². The molecule has 1 N–H and O–H groups in total. The zero-order chi connectivity index (χ0) is 11.8. The van der Waals surface area contributed by atoms with Crippen molar-refractivity contribution in [1.82, 2.24) is 5.32 Å². The molecule has 0 saturated heterocycles. The van der Waals surface area contributed by atoms with Gasteiger partial charge in [-0.3, -0.25) is 0 Å². The van der Waals surface area contributed by atoms with E-state index in [0.717, 1.165) is 24.4 Å². The van der Waals surface area contributed by atoms with Crippen molar-refractivity contribution < 1.29 is 0 Å². The molecule has 0 aliphatic heterocycles. The van der Waals surface area contributed by atoms with E-state index in [2.05, 4.69) is 37.8 Å². The summed E-state index contributed by atoms with van der Waals surface area (Å²) in [6.07, 6.45) is 7.30. The van der Waals surface area contributed by atoms with Crippen LogP contribution < -0.4 is 5.32 Å². The molecular weight excluding hydrogens is 214 g/mol. The lowest BCUT2D eigenvalue weighted by molar-refractivity contribution is 0.288. The van der Waals surface area contributed by atoms with Crippen molar-refractivity contribution in [1.29, 1.82) is 0 Å². The molecule has 0 aromatic rings. The molecule has 1 aliphatic carbocycles. The van der Waals surface area contributed by atoms with Crippen LogP contribution in [-0.2, 0) is 0 Å². The molecule has 2 heteroatoms. The van der Waals surface area contributed by atoms with Gasteiger partial charge in [0.05, 0.1) is 0 Å². The third-order valence-electron chi connectivity index (χ3n) is 3.43. The second-order valence-electron chi connectivity index (χ2n) is 5.49. The van der Waals surface area contributed by atoms with Crippen LogP contribution in [0.25, 0.3) is 0 Å². The first-order chi connectivity index (χ1) is 7.74. The van der Waals surface area contributed by atoms with E-state index < -0.39 is 0 Å². The van der Waals surface area contributed by atoms with Crippen molar-refractivity contribution in [2.75, 3.05) is 18.1 Å². The van der Waals surface area contributed by atoms with Crippen LogP contribution in [0, 0.1) is 11.8 Å². The highest BCUT2D eigenvalue weighted by Gasteiger charge is 2.22. The molecule has 1 aliphatic rings. The molecule has 0 amide bonds. The van der Waals surface area contributed by atoms with Crippen LogP contribution in [0.2, 0.25) is 0 Å². The van der Waals surface area contributed by atoms with E-state index >= 15 is 0 Å². The molecule has 16 heavy (non-hydrogen) atoms.